The van der Waals surface area contributed by atoms with Gasteiger partial charge in [0.1, 0.15) is 6.10 Å². The van der Waals surface area contributed by atoms with Crippen LogP contribution in [0.15, 0.2) is 36.7 Å². The molecule has 1 aromatic carbocycles. The minimum atomic E-state index is -4.40. The second kappa shape index (κ2) is 8.35. The lowest BCUT2D eigenvalue weighted by Gasteiger charge is -2.25. The largest absolute Gasteiger partial charge is 0.472 e. The molecule has 1 amide bonds. The lowest BCUT2D eigenvalue weighted by molar-refractivity contribution is -0.137. The van der Waals surface area contributed by atoms with Crippen molar-refractivity contribution in [1.29, 1.82) is 0 Å². The number of rotatable bonds is 5. The van der Waals surface area contributed by atoms with Crippen molar-refractivity contribution in [3.05, 3.63) is 53.5 Å². The molecule has 0 radical (unpaired) electrons. The third-order valence-corrected chi connectivity index (χ3v) is 6.39. The van der Waals surface area contributed by atoms with Gasteiger partial charge in [0.05, 0.1) is 29.7 Å². The lowest BCUT2D eigenvalue weighted by atomic mass is 10.1. The van der Waals surface area contributed by atoms with E-state index in [1.165, 1.54) is 6.07 Å². The highest BCUT2D eigenvalue weighted by molar-refractivity contribution is 5.82. The number of carbonyl (C=O) groups is 1. The summed E-state index contributed by atoms with van der Waals surface area (Å²) >= 11 is 0. The van der Waals surface area contributed by atoms with E-state index in [1.807, 2.05) is 0 Å². The Morgan fingerprint density at radius 3 is 2.69 bits per heavy atom. The highest BCUT2D eigenvalue weighted by Crippen LogP contribution is 2.38. The van der Waals surface area contributed by atoms with E-state index in [2.05, 4.69) is 14.9 Å². The summed E-state index contributed by atoms with van der Waals surface area (Å²) in [6, 6.07) is 4.87. The van der Waals surface area contributed by atoms with E-state index in [0.29, 0.717) is 36.9 Å². The van der Waals surface area contributed by atoms with Gasteiger partial charge in [0.25, 0.3) is 0 Å². The molecule has 2 aromatic rings. The van der Waals surface area contributed by atoms with Crippen LogP contribution >= 0.6 is 0 Å². The summed E-state index contributed by atoms with van der Waals surface area (Å²) in [6.07, 6.45) is 2.47. The number of benzene rings is 1. The number of aromatic nitrogens is 2. The molecule has 0 N–H and O–H groups in total. The Bertz CT molecular complexity index is 978. The maximum atomic E-state index is 13.2. The molecule has 1 aromatic heterocycles. The molecule has 0 bridgehead atoms. The normalized spacial score (nSPS) is 24.3. The first-order chi connectivity index (χ1) is 15.4. The minimum Gasteiger partial charge on any atom is -0.472 e. The van der Waals surface area contributed by atoms with Crippen molar-refractivity contribution in [2.24, 2.45) is 0 Å². The number of amides is 1. The van der Waals surface area contributed by atoms with Crippen LogP contribution in [0.2, 0.25) is 0 Å². The Kier molecular flexibility index (Phi) is 5.53. The second-order valence-corrected chi connectivity index (χ2v) is 8.85. The van der Waals surface area contributed by atoms with E-state index in [0.717, 1.165) is 43.6 Å². The van der Waals surface area contributed by atoms with Gasteiger partial charge in [0.15, 0.2) is 0 Å². The molecule has 0 unspecified atom stereocenters. The Hall–Kier alpha value is -2.68. The van der Waals surface area contributed by atoms with E-state index >= 15 is 0 Å². The summed E-state index contributed by atoms with van der Waals surface area (Å²) < 4.78 is 45.1. The summed E-state index contributed by atoms with van der Waals surface area (Å²) in [5.74, 6) is 0.938. The fourth-order valence-corrected chi connectivity index (χ4v) is 4.61. The molecule has 170 valence electrons. The zero-order valence-corrected chi connectivity index (χ0v) is 17.6. The van der Waals surface area contributed by atoms with Gasteiger partial charge in [-0.25, -0.2) is 4.98 Å². The Balaban J connectivity index is 1.23. The van der Waals surface area contributed by atoms with Crippen LogP contribution in [0, 0.1) is 0 Å². The van der Waals surface area contributed by atoms with Gasteiger partial charge in [-0.15, -0.1) is 0 Å². The fraction of sp³-hybridized carbons (Fsp3) is 0.522. The van der Waals surface area contributed by atoms with Gasteiger partial charge in [-0.1, -0.05) is 12.1 Å². The molecule has 1 aliphatic carbocycles. The Morgan fingerprint density at radius 1 is 1.12 bits per heavy atom. The molecular formula is C23H25F3N4O2. The van der Waals surface area contributed by atoms with Gasteiger partial charge in [0, 0.05) is 38.5 Å². The smallest absolute Gasteiger partial charge is 0.416 e. The van der Waals surface area contributed by atoms with E-state index in [1.54, 1.807) is 23.4 Å². The average Bonchev–Trinajstić information content (AvgIpc) is 3.55. The van der Waals surface area contributed by atoms with Crippen LogP contribution in [0.25, 0.3) is 0 Å². The van der Waals surface area contributed by atoms with E-state index < -0.39 is 11.7 Å². The quantitative estimate of drug-likeness (QED) is 0.702. The van der Waals surface area contributed by atoms with E-state index in [9.17, 15) is 18.0 Å². The van der Waals surface area contributed by atoms with Crippen LogP contribution in [-0.2, 0) is 17.5 Å². The molecule has 3 fully saturated rings. The number of alkyl halides is 3. The van der Waals surface area contributed by atoms with Crippen LogP contribution in [0.1, 0.15) is 48.4 Å². The molecule has 3 heterocycles. The van der Waals surface area contributed by atoms with Gasteiger partial charge in [-0.05, 0) is 37.0 Å². The first kappa shape index (κ1) is 21.2. The molecule has 2 atom stereocenters. The lowest BCUT2D eigenvalue weighted by Crippen LogP contribution is -2.42. The number of hydrogen-bond donors (Lipinski definition) is 0. The molecule has 6 nitrogen and oxygen atoms in total. The first-order valence-corrected chi connectivity index (χ1v) is 11.0. The Morgan fingerprint density at radius 2 is 1.97 bits per heavy atom. The topological polar surface area (TPSA) is 58.6 Å². The predicted octanol–water partition coefficient (Wildman–Crippen LogP) is 3.63. The van der Waals surface area contributed by atoms with Gasteiger partial charge in [-0.2, -0.15) is 13.2 Å². The SMILES string of the molecule is O=C1[C@@H]2C[C@@H](Oc3cnc(C4CC4)cn3)CN2CCCN1Cc1cccc(C(F)(F)F)c1. The molecule has 3 aliphatic rings. The number of halogens is 3. The van der Waals surface area contributed by atoms with Crippen LogP contribution < -0.4 is 4.74 Å². The monoisotopic (exact) mass is 446 g/mol. The van der Waals surface area contributed by atoms with Crippen LogP contribution in [0.3, 0.4) is 0 Å². The fourth-order valence-electron chi connectivity index (χ4n) is 4.61. The highest BCUT2D eigenvalue weighted by Gasteiger charge is 2.41. The van der Waals surface area contributed by atoms with E-state index in [4.69, 9.17) is 4.74 Å². The summed E-state index contributed by atoms with van der Waals surface area (Å²) in [5, 5.41) is 0. The van der Waals surface area contributed by atoms with Gasteiger partial charge < -0.3 is 9.64 Å². The zero-order chi connectivity index (χ0) is 22.3. The summed E-state index contributed by atoms with van der Waals surface area (Å²) in [4.78, 5) is 25.8. The van der Waals surface area contributed by atoms with Gasteiger partial charge in [0.2, 0.25) is 11.8 Å². The van der Waals surface area contributed by atoms with Crippen molar-refractivity contribution in [3.63, 3.8) is 0 Å². The first-order valence-electron chi connectivity index (χ1n) is 11.0. The van der Waals surface area contributed by atoms with Crippen LogP contribution in [0.4, 0.5) is 13.2 Å². The number of fused-ring (bicyclic) bond motifs is 1. The van der Waals surface area contributed by atoms with Gasteiger partial charge >= 0.3 is 6.18 Å². The molecule has 5 rings (SSSR count). The third-order valence-electron chi connectivity index (χ3n) is 6.39. The van der Waals surface area contributed by atoms with E-state index in [-0.39, 0.29) is 24.6 Å². The average molecular weight is 446 g/mol. The molecule has 1 saturated carbocycles. The maximum absolute atomic E-state index is 13.2. The minimum absolute atomic E-state index is 0.0545. The molecule has 2 saturated heterocycles. The van der Waals surface area contributed by atoms with Crippen LogP contribution in [0.5, 0.6) is 5.88 Å². The Labute approximate surface area is 184 Å². The second-order valence-electron chi connectivity index (χ2n) is 8.85. The number of carbonyl (C=O) groups excluding carboxylic acids is 1. The van der Waals surface area contributed by atoms with Crippen molar-refractivity contribution < 1.29 is 22.7 Å². The predicted molar refractivity (Wildman–Crippen MR) is 110 cm³/mol. The summed E-state index contributed by atoms with van der Waals surface area (Å²) in [6.45, 7) is 2.08. The zero-order valence-electron chi connectivity index (χ0n) is 17.6. The highest BCUT2D eigenvalue weighted by atomic mass is 19.4. The summed E-state index contributed by atoms with van der Waals surface area (Å²) in [7, 11) is 0. The number of ether oxygens (including phenoxy) is 1. The van der Waals surface area contributed by atoms with Crippen molar-refractivity contribution in [3.8, 4) is 5.88 Å². The third kappa shape index (κ3) is 4.57. The maximum Gasteiger partial charge on any atom is 0.416 e. The standard InChI is InChI=1S/C23H25F3N4O2/c24-23(25,26)17-4-1-3-15(9-17)13-30-8-2-7-29-14-18(10-20(29)22(30)31)32-21-12-27-19(11-28-21)16-5-6-16/h1,3-4,9,11-12,16,18,20H,2,5-8,10,13-14H2/t18-,20+/m1/s1. The molecule has 9 heteroatoms. The number of nitrogens with zero attached hydrogens (tertiary/aromatic N) is 4. The van der Waals surface area contributed by atoms with Crippen molar-refractivity contribution in [1.82, 2.24) is 19.8 Å². The molecule has 0 spiro atoms. The summed E-state index contributed by atoms with van der Waals surface area (Å²) in [5.41, 5.74) is 0.790. The van der Waals surface area contributed by atoms with Crippen molar-refractivity contribution in [2.75, 3.05) is 19.6 Å². The number of hydrogen-bond acceptors (Lipinski definition) is 5. The van der Waals surface area contributed by atoms with Crippen molar-refractivity contribution in [2.45, 2.75) is 56.5 Å². The van der Waals surface area contributed by atoms with Crippen molar-refractivity contribution >= 4 is 5.91 Å². The van der Waals surface area contributed by atoms with Crippen LogP contribution in [-0.4, -0.2) is 57.5 Å². The van der Waals surface area contributed by atoms with Gasteiger partial charge in [-0.3, -0.25) is 14.7 Å². The molecule has 2 aliphatic heterocycles. The molecule has 32 heavy (non-hydrogen) atoms. The molecular weight excluding hydrogens is 421 g/mol.